The molecule has 30 heavy (non-hydrogen) atoms. The monoisotopic (exact) mass is 423 g/mol. The van der Waals surface area contributed by atoms with Crippen LogP contribution >= 0.6 is 0 Å². The molecule has 1 rings (SSSR count). The fourth-order valence-electron chi connectivity index (χ4n) is 3.42. The number of aliphatic imine (C=N–C) groups is 1. The lowest BCUT2D eigenvalue weighted by atomic mass is 10.1. The normalized spacial score (nSPS) is 15.1. The zero-order valence-electron chi connectivity index (χ0n) is 20.0. The second-order valence-corrected chi connectivity index (χ2v) is 9.04. The number of nitrogens with zero attached hydrogens (tertiary/aromatic N) is 3. The maximum atomic E-state index is 12.4. The van der Waals surface area contributed by atoms with Gasteiger partial charge in [0.25, 0.3) is 0 Å². The molecule has 0 aromatic carbocycles. The Morgan fingerprint density at radius 2 is 1.50 bits per heavy atom. The first kappa shape index (κ1) is 26.2. The number of piperazine rings is 1. The van der Waals surface area contributed by atoms with Crippen LogP contribution in [0.25, 0.3) is 0 Å². The van der Waals surface area contributed by atoms with Gasteiger partial charge in [-0.25, -0.2) is 0 Å². The molecule has 2 amide bonds. The number of carbonyl (C=O) groups is 2. The molecule has 0 saturated carbocycles. The Balaban J connectivity index is 2.18. The Bertz CT molecular complexity index is 526. The number of unbranched alkanes of at least 4 members (excludes halogenated alkanes) is 2. The van der Waals surface area contributed by atoms with Crippen LogP contribution < -0.4 is 10.6 Å². The highest BCUT2D eigenvalue weighted by Gasteiger charge is 2.23. The highest BCUT2D eigenvalue weighted by Crippen LogP contribution is 2.10. The summed E-state index contributed by atoms with van der Waals surface area (Å²) in [5.41, 5.74) is 0. The smallest absolute Gasteiger partial charge is 0.222 e. The van der Waals surface area contributed by atoms with Crippen molar-refractivity contribution in [2.45, 2.75) is 73.1 Å². The van der Waals surface area contributed by atoms with Gasteiger partial charge in [0.2, 0.25) is 11.8 Å². The van der Waals surface area contributed by atoms with Gasteiger partial charge in [-0.15, -0.1) is 0 Å². The van der Waals surface area contributed by atoms with Gasteiger partial charge in [-0.05, 0) is 38.0 Å². The minimum Gasteiger partial charge on any atom is -0.357 e. The minimum atomic E-state index is 0.216. The molecule has 1 heterocycles. The van der Waals surface area contributed by atoms with Crippen molar-refractivity contribution in [3.05, 3.63) is 0 Å². The number of hydrogen-bond acceptors (Lipinski definition) is 3. The molecule has 0 aromatic rings. The Morgan fingerprint density at radius 1 is 0.867 bits per heavy atom. The average molecular weight is 424 g/mol. The lowest BCUT2D eigenvalue weighted by Gasteiger charge is -2.35. The number of carbonyl (C=O) groups excluding carboxylic acids is 2. The summed E-state index contributed by atoms with van der Waals surface area (Å²) < 4.78 is 0. The van der Waals surface area contributed by atoms with Crippen LogP contribution in [0.4, 0.5) is 0 Å². The number of rotatable bonds is 12. The molecule has 0 unspecified atom stereocenters. The topological polar surface area (TPSA) is 77.0 Å². The fourth-order valence-corrected chi connectivity index (χ4v) is 3.42. The van der Waals surface area contributed by atoms with Crippen molar-refractivity contribution in [2.24, 2.45) is 16.8 Å². The van der Waals surface area contributed by atoms with Crippen LogP contribution in [-0.2, 0) is 9.59 Å². The summed E-state index contributed by atoms with van der Waals surface area (Å²) in [7, 11) is 0. The van der Waals surface area contributed by atoms with Gasteiger partial charge in [-0.3, -0.25) is 14.6 Å². The summed E-state index contributed by atoms with van der Waals surface area (Å²) in [6, 6.07) is 0. The van der Waals surface area contributed by atoms with E-state index in [1.165, 1.54) is 0 Å². The molecule has 0 atom stereocenters. The maximum Gasteiger partial charge on any atom is 0.222 e. The molecule has 0 bridgehead atoms. The van der Waals surface area contributed by atoms with Crippen LogP contribution in [0.15, 0.2) is 4.99 Å². The fraction of sp³-hybridized carbons (Fsp3) is 0.870. The first-order chi connectivity index (χ1) is 14.3. The lowest BCUT2D eigenvalue weighted by molar-refractivity contribution is -0.140. The molecule has 0 radical (unpaired) electrons. The lowest BCUT2D eigenvalue weighted by Crippen LogP contribution is -2.50. The van der Waals surface area contributed by atoms with Crippen LogP contribution in [0.1, 0.15) is 73.1 Å². The Hall–Kier alpha value is -1.79. The molecule has 1 aliphatic rings. The highest BCUT2D eigenvalue weighted by molar-refractivity contribution is 5.79. The first-order valence-corrected chi connectivity index (χ1v) is 11.9. The van der Waals surface area contributed by atoms with Crippen molar-refractivity contribution in [3.8, 4) is 0 Å². The average Bonchev–Trinajstić information content (AvgIpc) is 2.69. The molecular formula is C23H45N5O2. The van der Waals surface area contributed by atoms with Crippen molar-refractivity contribution >= 4 is 17.8 Å². The number of amides is 2. The molecule has 0 spiro atoms. The molecule has 174 valence electrons. The summed E-state index contributed by atoms with van der Waals surface area (Å²) in [5, 5.41) is 6.66. The Morgan fingerprint density at radius 3 is 2.07 bits per heavy atom. The summed E-state index contributed by atoms with van der Waals surface area (Å²) in [4.78, 5) is 33.0. The van der Waals surface area contributed by atoms with Crippen molar-refractivity contribution in [1.29, 1.82) is 0 Å². The van der Waals surface area contributed by atoms with Crippen LogP contribution in [0.2, 0.25) is 0 Å². The third-order valence-corrected chi connectivity index (χ3v) is 5.24. The third-order valence-electron chi connectivity index (χ3n) is 5.24. The van der Waals surface area contributed by atoms with Gasteiger partial charge >= 0.3 is 0 Å². The van der Waals surface area contributed by atoms with Crippen LogP contribution in [0.3, 0.4) is 0 Å². The van der Waals surface area contributed by atoms with Gasteiger partial charge < -0.3 is 20.4 Å². The first-order valence-electron chi connectivity index (χ1n) is 11.9. The summed E-state index contributed by atoms with van der Waals surface area (Å²) >= 11 is 0. The Labute approximate surface area is 184 Å². The molecular weight excluding hydrogens is 378 g/mol. The molecule has 7 heteroatoms. The SMILES string of the molecule is CCNC(=NCCCCCC(=O)N1CCN(C(=O)CC(C)C)CC1)NCCC(C)C. The predicted molar refractivity (Wildman–Crippen MR) is 125 cm³/mol. The minimum absolute atomic E-state index is 0.216. The number of nitrogens with one attached hydrogen (secondary N) is 2. The van der Waals surface area contributed by atoms with Gasteiger partial charge in [0.05, 0.1) is 0 Å². The quantitative estimate of drug-likeness (QED) is 0.287. The Kier molecular flexibility index (Phi) is 13.2. The van der Waals surface area contributed by atoms with E-state index in [1.807, 2.05) is 9.80 Å². The largest absolute Gasteiger partial charge is 0.357 e. The van der Waals surface area contributed by atoms with E-state index in [1.54, 1.807) is 0 Å². The van der Waals surface area contributed by atoms with Gasteiger partial charge in [0, 0.05) is 58.7 Å². The van der Waals surface area contributed by atoms with Crippen molar-refractivity contribution < 1.29 is 9.59 Å². The molecule has 1 fully saturated rings. The van der Waals surface area contributed by atoms with Crippen molar-refractivity contribution in [2.75, 3.05) is 45.8 Å². The van der Waals surface area contributed by atoms with E-state index in [4.69, 9.17) is 0 Å². The summed E-state index contributed by atoms with van der Waals surface area (Å²) in [5.74, 6) is 2.39. The van der Waals surface area contributed by atoms with Crippen molar-refractivity contribution in [3.63, 3.8) is 0 Å². The highest BCUT2D eigenvalue weighted by atomic mass is 16.2. The molecule has 0 aliphatic carbocycles. The molecule has 1 saturated heterocycles. The second-order valence-electron chi connectivity index (χ2n) is 9.04. The third kappa shape index (κ3) is 11.4. The van der Waals surface area contributed by atoms with Gasteiger partial charge in [0.15, 0.2) is 5.96 Å². The number of guanidine groups is 1. The summed E-state index contributed by atoms with van der Waals surface area (Å²) in [6.07, 6.45) is 5.22. The van der Waals surface area contributed by atoms with Gasteiger partial charge in [0.1, 0.15) is 0 Å². The standard InChI is InChI=1S/C23H45N5O2/c1-6-24-23(26-13-11-19(2)3)25-12-9-7-8-10-21(29)27-14-16-28(17-15-27)22(30)18-20(4)5/h19-20H,6-18H2,1-5H3,(H2,24,25,26). The summed E-state index contributed by atoms with van der Waals surface area (Å²) in [6.45, 7) is 15.9. The van der Waals surface area contributed by atoms with E-state index < -0.39 is 0 Å². The van der Waals surface area contributed by atoms with Crippen LogP contribution in [0, 0.1) is 11.8 Å². The second kappa shape index (κ2) is 15.1. The maximum absolute atomic E-state index is 12.4. The van der Waals surface area contributed by atoms with E-state index in [-0.39, 0.29) is 11.8 Å². The predicted octanol–water partition coefficient (Wildman–Crippen LogP) is 2.86. The zero-order chi connectivity index (χ0) is 22.4. The van der Waals surface area contributed by atoms with E-state index in [2.05, 4.69) is 50.2 Å². The molecule has 7 nitrogen and oxygen atoms in total. The molecule has 1 aliphatic heterocycles. The van der Waals surface area contributed by atoms with Crippen LogP contribution in [0.5, 0.6) is 0 Å². The van der Waals surface area contributed by atoms with Gasteiger partial charge in [-0.1, -0.05) is 34.1 Å². The molecule has 0 aromatic heterocycles. The molecule has 2 N–H and O–H groups in total. The van der Waals surface area contributed by atoms with Crippen molar-refractivity contribution in [1.82, 2.24) is 20.4 Å². The van der Waals surface area contributed by atoms with E-state index >= 15 is 0 Å². The van der Waals surface area contributed by atoms with E-state index in [0.717, 1.165) is 51.3 Å². The zero-order valence-corrected chi connectivity index (χ0v) is 20.0. The van der Waals surface area contributed by atoms with Gasteiger partial charge in [-0.2, -0.15) is 0 Å². The number of hydrogen-bond donors (Lipinski definition) is 2. The van der Waals surface area contributed by atoms with Crippen LogP contribution in [-0.4, -0.2) is 73.4 Å². The van der Waals surface area contributed by atoms with E-state index in [9.17, 15) is 9.59 Å². The van der Waals surface area contributed by atoms with E-state index in [0.29, 0.717) is 50.9 Å².